The van der Waals surface area contributed by atoms with Crippen LogP contribution in [0.2, 0.25) is 0 Å². The third kappa shape index (κ3) is 5.66. The van der Waals surface area contributed by atoms with Crippen molar-refractivity contribution in [3.63, 3.8) is 0 Å². The van der Waals surface area contributed by atoms with Crippen molar-refractivity contribution < 1.29 is 26.3 Å². The van der Waals surface area contributed by atoms with Crippen LogP contribution in [0.25, 0.3) is 0 Å². The number of aromatic nitrogens is 1. The number of hydrogen-bond acceptors (Lipinski definition) is 1. The minimum Gasteiger partial charge on any atom is -1.00 e. The summed E-state index contributed by atoms with van der Waals surface area (Å²) in [5.74, 6) is 0.0583. The lowest BCUT2D eigenvalue weighted by atomic mass is 10.3. The Morgan fingerprint density at radius 1 is 1.50 bits per heavy atom. The molecule has 88 valence electrons. The number of amides is 1. The van der Waals surface area contributed by atoms with E-state index >= 15 is 0 Å². The van der Waals surface area contributed by atoms with Gasteiger partial charge in [0.1, 0.15) is 0 Å². The SMILES string of the molecule is C=CCNC(=O)CC[n+]1ccc(C)cc1.[Br-]. The van der Waals surface area contributed by atoms with Gasteiger partial charge in [-0.1, -0.05) is 6.08 Å². The van der Waals surface area contributed by atoms with E-state index in [4.69, 9.17) is 0 Å². The summed E-state index contributed by atoms with van der Waals surface area (Å²) in [6, 6.07) is 4.06. The van der Waals surface area contributed by atoms with Gasteiger partial charge in [0, 0.05) is 18.7 Å². The minimum atomic E-state index is 0. The van der Waals surface area contributed by atoms with Crippen LogP contribution in [0.5, 0.6) is 0 Å². The molecule has 1 aromatic rings. The van der Waals surface area contributed by atoms with Crippen molar-refractivity contribution in [2.75, 3.05) is 6.54 Å². The van der Waals surface area contributed by atoms with Crippen molar-refractivity contribution in [2.45, 2.75) is 19.9 Å². The second kappa shape index (κ2) is 8.05. The molecular weight excluding hydrogens is 268 g/mol. The maximum atomic E-state index is 11.3. The zero-order valence-electron chi connectivity index (χ0n) is 9.45. The van der Waals surface area contributed by atoms with Gasteiger partial charge in [0.2, 0.25) is 5.91 Å². The predicted octanol–water partition coefficient (Wildman–Crippen LogP) is -2.02. The highest BCUT2D eigenvalue weighted by Crippen LogP contribution is 1.90. The van der Waals surface area contributed by atoms with Crippen molar-refractivity contribution in [1.82, 2.24) is 5.32 Å². The highest BCUT2D eigenvalue weighted by atomic mass is 79.9. The summed E-state index contributed by atoms with van der Waals surface area (Å²) in [4.78, 5) is 11.3. The fourth-order valence-corrected chi connectivity index (χ4v) is 1.19. The maximum Gasteiger partial charge on any atom is 0.226 e. The first-order chi connectivity index (χ1) is 7.22. The molecule has 0 radical (unpaired) electrons. The van der Waals surface area contributed by atoms with E-state index in [1.807, 2.05) is 36.0 Å². The number of hydrogen-bond donors (Lipinski definition) is 1. The van der Waals surface area contributed by atoms with Gasteiger partial charge in [-0.15, -0.1) is 6.58 Å². The van der Waals surface area contributed by atoms with E-state index in [1.54, 1.807) is 6.08 Å². The fourth-order valence-electron chi connectivity index (χ4n) is 1.19. The molecule has 0 aliphatic heterocycles. The third-order valence-corrected chi connectivity index (χ3v) is 2.10. The van der Waals surface area contributed by atoms with E-state index in [0.29, 0.717) is 19.5 Å². The predicted molar refractivity (Wildman–Crippen MR) is 59.2 cm³/mol. The standard InChI is InChI=1S/C12H16N2O.BrH/c1-3-7-13-12(15)6-10-14-8-4-11(2)5-9-14;/h3-5,8-9H,1,6-7,10H2,2H3;1H. The molecule has 0 saturated carbocycles. The molecule has 1 heterocycles. The van der Waals surface area contributed by atoms with E-state index < -0.39 is 0 Å². The molecular formula is C12H17BrN2O. The lowest BCUT2D eigenvalue weighted by Crippen LogP contribution is -3.00. The van der Waals surface area contributed by atoms with Crippen LogP contribution in [-0.4, -0.2) is 12.5 Å². The molecule has 0 bridgehead atoms. The van der Waals surface area contributed by atoms with Gasteiger partial charge in [-0.2, -0.15) is 0 Å². The molecule has 0 spiro atoms. The van der Waals surface area contributed by atoms with Gasteiger partial charge in [-0.05, 0) is 12.5 Å². The summed E-state index contributed by atoms with van der Waals surface area (Å²) < 4.78 is 2.00. The lowest BCUT2D eigenvalue weighted by Gasteiger charge is -1.99. The van der Waals surface area contributed by atoms with Crippen LogP contribution in [0, 0.1) is 6.92 Å². The molecule has 0 atom stereocenters. The van der Waals surface area contributed by atoms with E-state index in [2.05, 4.69) is 11.9 Å². The van der Waals surface area contributed by atoms with E-state index in [1.165, 1.54) is 5.56 Å². The first-order valence-electron chi connectivity index (χ1n) is 5.05. The summed E-state index contributed by atoms with van der Waals surface area (Å²) in [6.45, 7) is 6.83. The molecule has 1 aromatic heterocycles. The summed E-state index contributed by atoms with van der Waals surface area (Å²) >= 11 is 0. The normalized spacial score (nSPS) is 9.06. The fraction of sp³-hybridized carbons (Fsp3) is 0.333. The molecule has 1 N–H and O–H groups in total. The van der Waals surface area contributed by atoms with Gasteiger partial charge in [0.25, 0.3) is 0 Å². The summed E-state index contributed by atoms with van der Waals surface area (Å²) in [5, 5.41) is 2.74. The van der Waals surface area contributed by atoms with Gasteiger partial charge < -0.3 is 22.3 Å². The van der Waals surface area contributed by atoms with Crippen LogP contribution in [0.3, 0.4) is 0 Å². The summed E-state index contributed by atoms with van der Waals surface area (Å²) in [6.07, 6.45) is 6.14. The van der Waals surface area contributed by atoms with Crippen LogP contribution < -0.4 is 26.9 Å². The second-order valence-corrected chi connectivity index (χ2v) is 3.46. The summed E-state index contributed by atoms with van der Waals surface area (Å²) in [5.41, 5.74) is 1.22. The van der Waals surface area contributed by atoms with Gasteiger partial charge in [0.15, 0.2) is 18.9 Å². The average Bonchev–Trinajstić information content (AvgIpc) is 2.25. The first kappa shape index (κ1) is 14.8. The van der Waals surface area contributed by atoms with Gasteiger partial charge in [-0.3, -0.25) is 4.79 Å². The number of aryl methyl sites for hydroxylation is 2. The lowest BCUT2D eigenvalue weighted by molar-refractivity contribution is -0.695. The monoisotopic (exact) mass is 284 g/mol. The maximum absolute atomic E-state index is 11.3. The van der Waals surface area contributed by atoms with Crippen molar-refractivity contribution in [3.05, 3.63) is 42.7 Å². The van der Waals surface area contributed by atoms with Crippen molar-refractivity contribution in [3.8, 4) is 0 Å². The Balaban J connectivity index is 0.00000225. The Hall–Kier alpha value is -1.16. The van der Waals surface area contributed by atoms with Crippen molar-refractivity contribution in [2.24, 2.45) is 0 Å². The summed E-state index contributed by atoms with van der Waals surface area (Å²) in [7, 11) is 0. The topological polar surface area (TPSA) is 33.0 Å². The Bertz CT molecular complexity index is 335. The van der Waals surface area contributed by atoms with E-state index in [0.717, 1.165) is 0 Å². The molecule has 1 amide bonds. The molecule has 3 nitrogen and oxygen atoms in total. The Labute approximate surface area is 107 Å². The molecule has 0 aliphatic rings. The van der Waals surface area contributed by atoms with Crippen molar-refractivity contribution in [1.29, 1.82) is 0 Å². The van der Waals surface area contributed by atoms with Crippen LogP contribution >= 0.6 is 0 Å². The van der Waals surface area contributed by atoms with Crippen LogP contribution in [0.4, 0.5) is 0 Å². The van der Waals surface area contributed by atoms with Crippen LogP contribution in [0.15, 0.2) is 37.2 Å². The highest BCUT2D eigenvalue weighted by molar-refractivity contribution is 5.75. The largest absolute Gasteiger partial charge is 1.00 e. The molecule has 0 aliphatic carbocycles. The van der Waals surface area contributed by atoms with Gasteiger partial charge in [-0.25, -0.2) is 4.57 Å². The Kier molecular flexibility index (Phi) is 7.46. The molecule has 0 unspecified atom stereocenters. The molecule has 16 heavy (non-hydrogen) atoms. The molecule has 0 fully saturated rings. The quantitative estimate of drug-likeness (QED) is 0.492. The Morgan fingerprint density at radius 2 is 2.12 bits per heavy atom. The minimum absolute atomic E-state index is 0. The zero-order chi connectivity index (χ0) is 11.1. The molecule has 4 heteroatoms. The number of rotatable bonds is 5. The zero-order valence-corrected chi connectivity index (χ0v) is 11.0. The highest BCUT2D eigenvalue weighted by Gasteiger charge is 2.04. The number of carbonyl (C=O) groups excluding carboxylic acids is 1. The van der Waals surface area contributed by atoms with Crippen LogP contribution in [-0.2, 0) is 11.3 Å². The Morgan fingerprint density at radius 3 is 2.69 bits per heavy atom. The molecule has 0 saturated heterocycles. The van der Waals surface area contributed by atoms with Crippen molar-refractivity contribution >= 4 is 5.91 Å². The number of halogens is 1. The molecule has 1 rings (SSSR count). The smallest absolute Gasteiger partial charge is 0.226 e. The average molecular weight is 285 g/mol. The third-order valence-electron chi connectivity index (χ3n) is 2.10. The van der Waals surface area contributed by atoms with E-state index in [-0.39, 0.29) is 22.9 Å². The molecule has 0 aromatic carbocycles. The van der Waals surface area contributed by atoms with Gasteiger partial charge in [0.05, 0.1) is 6.42 Å². The van der Waals surface area contributed by atoms with Crippen LogP contribution in [0.1, 0.15) is 12.0 Å². The number of carbonyl (C=O) groups is 1. The number of pyridine rings is 1. The number of nitrogens with one attached hydrogen (secondary N) is 1. The first-order valence-corrected chi connectivity index (χ1v) is 5.05. The number of nitrogens with zero attached hydrogens (tertiary/aromatic N) is 1. The second-order valence-electron chi connectivity index (χ2n) is 3.46. The van der Waals surface area contributed by atoms with Gasteiger partial charge >= 0.3 is 0 Å². The van der Waals surface area contributed by atoms with E-state index in [9.17, 15) is 4.79 Å².